The summed E-state index contributed by atoms with van der Waals surface area (Å²) in [5.74, 6) is 1.90. The van der Waals surface area contributed by atoms with Crippen molar-refractivity contribution in [1.82, 2.24) is 10.2 Å². The number of hydrogen-bond acceptors (Lipinski definition) is 4. The summed E-state index contributed by atoms with van der Waals surface area (Å²) in [6.07, 6.45) is 5.91. The van der Waals surface area contributed by atoms with Crippen LogP contribution in [0.5, 0.6) is 5.75 Å². The number of amides is 1. The van der Waals surface area contributed by atoms with Gasteiger partial charge in [-0.2, -0.15) is 0 Å². The number of nitrogens with zero attached hydrogens (tertiary/aromatic N) is 1. The fourth-order valence-electron chi connectivity index (χ4n) is 3.99. The Morgan fingerprint density at radius 3 is 2.69 bits per heavy atom. The van der Waals surface area contributed by atoms with Crippen LogP contribution in [0.25, 0.3) is 0 Å². The molecule has 0 unspecified atom stereocenters. The fourth-order valence-corrected chi connectivity index (χ4v) is 3.99. The quantitative estimate of drug-likeness (QED) is 0.865. The normalized spacial score (nSPS) is 16.7. The fraction of sp³-hybridized carbons (Fsp3) is 0.476. The van der Waals surface area contributed by atoms with Crippen molar-refractivity contribution in [2.45, 2.75) is 45.2 Å². The summed E-state index contributed by atoms with van der Waals surface area (Å²) in [4.78, 5) is 14.8. The Hall–Kier alpha value is -2.27. The van der Waals surface area contributed by atoms with Gasteiger partial charge in [0, 0.05) is 12.1 Å². The molecule has 138 valence electrons. The van der Waals surface area contributed by atoms with Crippen molar-refractivity contribution < 1.29 is 13.9 Å². The minimum absolute atomic E-state index is 0.180. The van der Waals surface area contributed by atoms with E-state index in [0.717, 1.165) is 49.5 Å². The van der Waals surface area contributed by atoms with E-state index in [2.05, 4.69) is 22.3 Å². The first-order valence-corrected chi connectivity index (χ1v) is 9.51. The molecule has 1 saturated heterocycles. The number of methoxy groups -OCH3 is 1. The van der Waals surface area contributed by atoms with Gasteiger partial charge in [-0.3, -0.25) is 9.69 Å². The number of benzene rings is 1. The molecule has 2 aromatic rings. The molecule has 1 amide bonds. The summed E-state index contributed by atoms with van der Waals surface area (Å²) in [7, 11) is 1.68. The van der Waals surface area contributed by atoms with E-state index in [-0.39, 0.29) is 5.91 Å². The molecule has 0 spiro atoms. The number of nitrogens with one attached hydrogen (secondary N) is 1. The van der Waals surface area contributed by atoms with Gasteiger partial charge in [0.2, 0.25) is 0 Å². The van der Waals surface area contributed by atoms with Crippen LogP contribution in [0, 0.1) is 0 Å². The zero-order valence-electron chi connectivity index (χ0n) is 15.3. The lowest BCUT2D eigenvalue weighted by atomic mass is 10.0. The molecule has 1 aromatic heterocycles. The predicted octanol–water partition coefficient (Wildman–Crippen LogP) is 3.30. The van der Waals surface area contributed by atoms with Crippen LogP contribution in [-0.2, 0) is 25.9 Å². The Kier molecular flexibility index (Phi) is 4.98. The van der Waals surface area contributed by atoms with E-state index in [9.17, 15) is 4.79 Å². The number of fused-ring (bicyclic) bond motifs is 1. The predicted molar refractivity (Wildman–Crippen MR) is 99.4 cm³/mol. The summed E-state index contributed by atoms with van der Waals surface area (Å²) < 4.78 is 11.2. The van der Waals surface area contributed by atoms with Crippen molar-refractivity contribution in [3.63, 3.8) is 0 Å². The molecule has 0 saturated carbocycles. The molecule has 0 radical (unpaired) electrons. The Morgan fingerprint density at radius 1 is 1.15 bits per heavy atom. The monoisotopic (exact) mass is 354 g/mol. The summed E-state index contributed by atoms with van der Waals surface area (Å²) in [6.45, 7) is 3.45. The second-order valence-electron chi connectivity index (χ2n) is 7.22. The highest BCUT2D eigenvalue weighted by molar-refractivity contribution is 5.91. The van der Waals surface area contributed by atoms with Gasteiger partial charge in [0.25, 0.3) is 5.91 Å². The average molecular weight is 354 g/mol. The largest absolute Gasteiger partial charge is 0.496 e. The molecule has 0 bridgehead atoms. The number of hydrogen-bond donors (Lipinski definition) is 1. The lowest BCUT2D eigenvalue weighted by Crippen LogP contribution is -2.23. The van der Waals surface area contributed by atoms with E-state index < -0.39 is 0 Å². The topological polar surface area (TPSA) is 54.7 Å². The lowest BCUT2D eigenvalue weighted by Gasteiger charge is -2.12. The minimum atomic E-state index is -0.180. The summed E-state index contributed by atoms with van der Waals surface area (Å²) in [6, 6.07) is 7.96. The third kappa shape index (κ3) is 3.63. The summed E-state index contributed by atoms with van der Waals surface area (Å²) in [5.41, 5.74) is 3.76. The number of likely N-dealkylation sites (tertiary alicyclic amines) is 1. The number of ether oxygens (including phenoxy) is 1. The van der Waals surface area contributed by atoms with Gasteiger partial charge in [-0.1, -0.05) is 6.07 Å². The van der Waals surface area contributed by atoms with E-state index >= 15 is 0 Å². The maximum absolute atomic E-state index is 12.4. The maximum Gasteiger partial charge on any atom is 0.287 e. The molecular weight excluding hydrogens is 328 g/mol. The van der Waals surface area contributed by atoms with Crippen LogP contribution in [-0.4, -0.2) is 31.0 Å². The molecule has 2 aliphatic rings. The van der Waals surface area contributed by atoms with Gasteiger partial charge in [-0.05, 0) is 74.5 Å². The van der Waals surface area contributed by atoms with E-state index in [1.165, 1.54) is 30.4 Å². The Labute approximate surface area is 154 Å². The van der Waals surface area contributed by atoms with Crippen molar-refractivity contribution in [1.29, 1.82) is 0 Å². The van der Waals surface area contributed by atoms with Gasteiger partial charge in [0.05, 0.1) is 13.7 Å². The number of aryl methyl sites for hydroxylation is 2. The second kappa shape index (κ2) is 7.54. The first-order chi connectivity index (χ1) is 12.7. The Bertz CT molecular complexity index is 791. The average Bonchev–Trinajstić information content (AvgIpc) is 3.40. The molecule has 1 aliphatic carbocycles. The first-order valence-electron chi connectivity index (χ1n) is 9.51. The van der Waals surface area contributed by atoms with E-state index in [4.69, 9.17) is 9.15 Å². The minimum Gasteiger partial charge on any atom is -0.496 e. The van der Waals surface area contributed by atoms with E-state index in [1.54, 1.807) is 13.2 Å². The molecule has 26 heavy (non-hydrogen) atoms. The molecule has 5 nitrogen and oxygen atoms in total. The maximum atomic E-state index is 12.4. The standard InChI is InChI=1S/C21H26N2O3/c1-25-20-12-16-6-4-5-15(16)11-17(20)13-22-21(24)19-8-7-18(26-19)14-23-9-2-3-10-23/h7-8,11-12H,2-6,9-10,13-14H2,1H3,(H,22,24). The van der Waals surface area contributed by atoms with Crippen LogP contribution in [0.3, 0.4) is 0 Å². The highest BCUT2D eigenvalue weighted by atomic mass is 16.5. The number of rotatable bonds is 6. The molecule has 1 fully saturated rings. The van der Waals surface area contributed by atoms with Crippen LogP contribution < -0.4 is 10.1 Å². The zero-order chi connectivity index (χ0) is 17.9. The molecular formula is C21H26N2O3. The van der Waals surface area contributed by atoms with Crippen molar-refractivity contribution >= 4 is 5.91 Å². The van der Waals surface area contributed by atoms with Crippen LogP contribution in [0.4, 0.5) is 0 Å². The van der Waals surface area contributed by atoms with Crippen LogP contribution >= 0.6 is 0 Å². The highest BCUT2D eigenvalue weighted by Gasteiger charge is 2.18. The lowest BCUT2D eigenvalue weighted by molar-refractivity contribution is 0.0919. The number of carbonyl (C=O) groups is 1. The van der Waals surface area contributed by atoms with Crippen molar-refractivity contribution in [2.75, 3.05) is 20.2 Å². The third-order valence-electron chi connectivity index (χ3n) is 5.40. The molecule has 5 heteroatoms. The first kappa shape index (κ1) is 17.2. The SMILES string of the molecule is COc1cc2c(cc1CNC(=O)c1ccc(CN3CCCC3)o1)CCC2. The van der Waals surface area contributed by atoms with Gasteiger partial charge in [-0.25, -0.2) is 0 Å². The summed E-state index contributed by atoms with van der Waals surface area (Å²) >= 11 is 0. The molecule has 1 N–H and O–H groups in total. The highest BCUT2D eigenvalue weighted by Crippen LogP contribution is 2.29. The molecule has 4 rings (SSSR count). The number of carbonyl (C=O) groups excluding carboxylic acids is 1. The third-order valence-corrected chi connectivity index (χ3v) is 5.40. The molecule has 2 heterocycles. The van der Waals surface area contributed by atoms with E-state index in [0.29, 0.717) is 12.3 Å². The van der Waals surface area contributed by atoms with Gasteiger partial charge >= 0.3 is 0 Å². The van der Waals surface area contributed by atoms with Crippen molar-refractivity contribution in [2.24, 2.45) is 0 Å². The Morgan fingerprint density at radius 2 is 1.92 bits per heavy atom. The number of furan rings is 1. The van der Waals surface area contributed by atoms with Gasteiger partial charge in [0.15, 0.2) is 5.76 Å². The van der Waals surface area contributed by atoms with Gasteiger partial charge in [-0.15, -0.1) is 0 Å². The molecule has 0 atom stereocenters. The summed E-state index contributed by atoms with van der Waals surface area (Å²) in [5, 5.41) is 2.96. The molecule has 1 aliphatic heterocycles. The van der Waals surface area contributed by atoms with Gasteiger partial charge < -0.3 is 14.5 Å². The van der Waals surface area contributed by atoms with Gasteiger partial charge in [0.1, 0.15) is 11.5 Å². The molecule has 1 aromatic carbocycles. The second-order valence-corrected chi connectivity index (χ2v) is 7.22. The smallest absolute Gasteiger partial charge is 0.287 e. The van der Waals surface area contributed by atoms with Crippen LogP contribution in [0.15, 0.2) is 28.7 Å². The van der Waals surface area contributed by atoms with Crippen molar-refractivity contribution in [3.05, 3.63) is 52.5 Å². The van der Waals surface area contributed by atoms with Crippen molar-refractivity contribution in [3.8, 4) is 5.75 Å². The van der Waals surface area contributed by atoms with Crippen LogP contribution in [0.2, 0.25) is 0 Å². The Balaban J connectivity index is 1.39. The van der Waals surface area contributed by atoms with E-state index in [1.807, 2.05) is 6.07 Å². The van der Waals surface area contributed by atoms with Crippen LogP contribution in [0.1, 0.15) is 52.3 Å². The zero-order valence-corrected chi connectivity index (χ0v) is 15.3.